The fourth-order valence-corrected chi connectivity index (χ4v) is 3.48. The van der Waals surface area contributed by atoms with Crippen LogP contribution in [0.3, 0.4) is 0 Å². The second-order valence-electron chi connectivity index (χ2n) is 7.05. The molecular weight excluding hydrogens is 328 g/mol. The summed E-state index contributed by atoms with van der Waals surface area (Å²) in [6, 6.07) is 7.25. The Bertz CT molecular complexity index is 809. The Labute approximate surface area is 154 Å². The molecule has 26 heavy (non-hydrogen) atoms. The number of benzene rings is 1. The molecule has 2 aromatic rings. The zero-order valence-electron chi connectivity index (χ0n) is 15.5. The number of piperidine rings is 1. The lowest BCUT2D eigenvalue weighted by Gasteiger charge is -2.22. The predicted octanol–water partition coefficient (Wildman–Crippen LogP) is 2.32. The highest BCUT2D eigenvalue weighted by Gasteiger charge is 2.19. The third-order valence-corrected chi connectivity index (χ3v) is 5.01. The molecule has 0 saturated carbocycles. The van der Waals surface area contributed by atoms with Crippen LogP contribution in [0.5, 0.6) is 0 Å². The molecule has 1 unspecified atom stereocenters. The zero-order valence-corrected chi connectivity index (χ0v) is 15.5. The molecule has 1 fully saturated rings. The van der Waals surface area contributed by atoms with Crippen LogP contribution in [0.1, 0.15) is 49.5 Å². The number of carbonyl (C=O) groups is 1. The molecule has 1 atom stereocenters. The molecule has 0 spiro atoms. The summed E-state index contributed by atoms with van der Waals surface area (Å²) in [5, 5.41) is 12.0. The van der Waals surface area contributed by atoms with Crippen molar-refractivity contribution in [1.29, 1.82) is 0 Å². The number of hydrogen-bond acceptors (Lipinski definition) is 4. The van der Waals surface area contributed by atoms with Crippen molar-refractivity contribution in [3.8, 4) is 0 Å². The Morgan fingerprint density at radius 1 is 1.31 bits per heavy atom. The molecule has 2 N–H and O–H groups in total. The summed E-state index contributed by atoms with van der Waals surface area (Å²) < 4.78 is 1.45. The van der Waals surface area contributed by atoms with Crippen molar-refractivity contribution in [2.75, 3.05) is 19.6 Å². The van der Waals surface area contributed by atoms with Crippen molar-refractivity contribution in [1.82, 2.24) is 20.4 Å². The van der Waals surface area contributed by atoms with Gasteiger partial charge < -0.3 is 10.6 Å². The summed E-state index contributed by atoms with van der Waals surface area (Å²) in [6.45, 7) is 5.29. The summed E-state index contributed by atoms with van der Waals surface area (Å²) in [6.07, 6.45) is 5.26. The van der Waals surface area contributed by atoms with E-state index in [9.17, 15) is 9.59 Å². The molecule has 1 saturated heterocycles. The van der Waals surface area contributed by atoms with Crippen LogP contribution in [0, 0.1) is 5.92 Å². The van der Waals surface area contributed by atoms with Crippen molar-refractivity contribution in [2.24, 2.45) is 5.92 Å². The number of aryl methyl sites for hydroxylation is 1. The van der Waals surface area contributed by atoms with Gasteiger partial charge in [-0.2, -0.15) is 5.10 Å². The standard InChI is InChI=1S/C20H28N4O2/c1-2-3-6-12-24-20(26)17-10-5-4-9-16(17)18(23-24)19(25)22-14-15-8-7-11-21-13-15/h4-5,9-10,15,21H,2-3,6-8,11-14H2,1H3,(H,22,25). The number of nitrogens with zero attached hydrogens (tertiary/aromatic N) is 2. The van der Waals surface area contributed by atoms with Crippen LogP contribution in [-0.4, -0.2) is 35.3 Å². The van der Waals surface area contributed by atoms with Crippen molar-refractivity contribution < 1.29 is 4.79 Å². The van der Waals surface area contributed by atoms with Crippen LogP contribution in [0.2, 0.25) is 0 Å². The number of fused-ring (bicyclic) bond motifs is 1. The number of unbranched alkanes of at least 4 members (excludes halogenated alkanes) is 2. The Kier molecular flexibility index (Phi) is 6.39. The third-order valence-electron chi connectivity index (χ3n) is 5.01. The molecule has 3 rings (SSSR count). The minimum atomic E-state index is -0.198. The summed E-state index contributed by atoms with van der Waals surface area (Å²) >= 11 is 0. The molecule has 1 aliphatic rings. The average molecular weight is 356 g/mol. The summed E-state index contributed by atoms with van der Waals surface area (Å²) in [4.78, 5) is 25.4. The van der Waals surface area contributed by atoms with Crippen LogP contribution in [0.4, 0.5) is 0 Å². The van der Waals surface area contributed by atoms with Crippen molar-refractivity contribution in [3.05, 3.63) is 40.3 Å². The van der Waals surface area contributed by atoms with Gasteiger partial charge in [0.1, 0.15) is 0 Å². The van der Waals surface area contributed by atoms with Crippen LogP contribution in [-0.2, 0) is 6.54 Å². The van der Waals surface area contributed by atoms with Crippen LogP contribution >= 0.6 is 0 Å². The maximum atomic E-state index is 12.8. The van der Waals surface area contributed by atoms with Gasteiger partial charge in [0.15, 0.2) is 5.69 Å². The summed E-state index contributed by atoms with van der Waals surface area (Å²) in [5.74, 6) is 0.255. The van der Waals surface area contributed by atoms with E-state index >= 15 is 0 Å². The van der Waals surface area contributed by atoms with E-state index in [-0.39, 0.29) is 11.5 Å². The molecule has 1 amide bonds. The minimum Gasteiger partial charge on any atom is -0.350 e. The van der Waals surface area contributed by atoms with E-state index in [0.29, 0.717) is 35.5 Å². The third kappa shape index (κ3) is 4.30. The fraction of sp³-hybridized carbons (Fsp3) is 0.550. The van der Waals surface area contributed by atoms with Crippen molar-refractivity contribution >= 4 is 16.7 Å². The van der Waals surface area contributed by atoms with Crippen LogP contribution < -0.4 is 16.2 Å². The molecule has 0 radical (unpaired) electrons. The second-order valence-corrected chi connectivity index (χ2v) is 7.05. The largest absolute Gasteiger partial charge is 0.350 e. The second kappa shape index (κ2) is 8.94. The van der Waals surface area contributed by atoms with E-state index in [1.165, 1.54) is 4.68 Å². The van der Waals surface area contributed by atoms with Gasteiger partial charge in [-0.05, 0) is 44.3 Å². The Morgan fingerprint density at radius 2 is 2.12 bits per heavy atom. The van der Waals surface area contributed by atoms with E-state index in [4.69, 9.17) is 0 Å². The highest BCUT2D eigenvalue weighted by Crippen LogP contribution is 2.14. The van der Waals surface area contributed by atoms with Gasteiger partial charge in [-0.1, -0.05) is 38.0 Å². The van der Waals surface area contributed by atoms with E-state index in [1.54, 1.807) is 12.1 Å². The SMILES string of the molecule is CCCCCn1nc(C(=O)NCC2CCCNC2)c2ccccc2c1=O. The van der Waals surface area contributed by atoms with Crippen molar-refractivity contribution in [3.63, 3.8) is 0 Å². The highest BCUT2D eigenvalue weighted by atomic mass is 16.2. The summed E-state index contributed by atoms with van der Waals surface area (Å²) in [7, 11) is 0. The normalized spacial score (nSPS) is 17.3. The lowest BCUT2D eigenvalue weighted by molar-refractivity contribution is 0.0939. The van der Waals surface area contributed by atoms with E-state index in [1.807, 2.05) is 12.1 Å². The average Bonchev–Trinajstić information content (AvgIpc) is 2.69. The molecule has 2 heterocycles. The molecule has 6 heteroatoms. The molecule has 1 aromatic carbocycles. The molecular formula is C20H28N4O2. The number of aromatic nitrogens is 2. The van der Waals surface area contributed by atoms with Gasteiger partial charge in [0, 0.05) is 18.5 Å². The first-order valence-corrected chi connectivity index (χ1v) is 9.69. The van der Waals surface area contributed by atoms with Gasteiger partial charge in [0.2, 0.25) is 0 Å². The Balaban J connectivity index is 1.84. The number of nitrogens with one attached hydrogen (secondary N) is 2. The number of hydrogen-bond donors (Lipinski definition) is 2. The Hall–Kier alpha value is -2.21. The van der Waals surface area contributed by atoms with Crippen LogP contribution in [0.15, 0.2) is 29.1 Å². The Morgan fingerprint density at radius 3 is 2.85 bits per heavy atom. The predicted molar refractivity (Wildman–Crippen MR) is 103 cm³/mol. The van der Waals surface area contributed by atoms with Gasteiger partial charge >= 0.3 is 0 Å². The number of rotatable bonds is 7. The quantitative estimate of drug-likeness (QED) is 0.747. The smallest absolute Gasteiger partial charge is 0.274 e. The summed E-state index contributed by atoms with van der Waals surface area (Å²) in [5.41, 5.74) is 0.227. The van der Waals surface area contributed by atoms with E-state index in [0.717, 1.165) is 45.2 Å². The number of amides is 1. The lowest BCUT2D eigenvalue weighted by atomic mass is 10.00. The fourth-order valence-electron chi connectivity index (χ4n) is 3.48. The molecule has 1 aromatic heterocycles. The van der Waals surface area contributed by atoms with Gasteiger partial charge in [0.05, 0.1) is 5.39 Å². The van der Waals surface area contributed by atoms with E-state index in [2.05, 4.69) is 22.7 Å². The lowest BCUT2D eigenvalue weighted by Crippen LogP contribution is -2.39. The molecule has 1 aliphatic heterocycles. The maximum absolute atomic E-state index is 12.8. The monoisotopic (exact) mass is 356 g/mol. The highest BCUT2D eigenvalue weighted by molar-refractivity contribution is 6.04. The minimum absolute atomic E-state index is 0.121. The first-order valence-electron chi connectivity index (χ1n) is 9.69. The van der Waals surface area contributed by atoms with E-state index < -0.39 is 0 Å². The van der Waals surface area contributed by atoms with Gasteiger partial charge in [-0.25, -0.2) is 4.68 Å². The molecule has 140 valence electrons. The zero-order chi connectivity index (χ0) is 18.4. The van der Waals surface area contributed by atoms with Gasteiger partial charge in [0.25, 0.3) is 11.5 Å². The molecule has 6 nitrogen and oxygen atoms in total. The molecule has 0 aliphatic carbocycles. The van der Waals surface area contributed by atoms with Gasteiger partial charge in [-0.15, -0.1) is 0 Å². The first kappa shape index (κ1) is 18.6. The number of carbonyl (C=O) groups excluding carboxylic acids is 1. The van der Waals surface area contributed by atoms with Gasteiger partial charge in [-0.3, -0.25) is 9.59 Å². The van der Waals surface area contributed by atoms with Crippen molar-refractivity contribution in [2.45, 2.75) is 45.6 Å². The topological polar surface area (TPSA) is 76.0 Å². The first-order chi connectivity index (χ1) is 12.7. The maximum Gasteiger partial charge on any atom is 0.274 e. The van der Waals surface area contributed by atoms with Crippen LogP contribution in [0.25, 0.3) is 10.8 Å². The molecule has 0 bridgehead atoms.